The second kappa shape index (κ2) is 10.5. The van der Waals surface area contributed by atoms with Crippen LogP contribution in [-0.2, 0) is 4.74 Å². The predicted octanol–water partition coefficient (Wildman–Crippen LogP) is 2.46. The molecule has 2 aliphatic rings. The third-order valence-corrected chi connectivity index (χ3v) is 4.84. The number of likely N-dealkylation sites (tertiary alicyclic amines) is 2. The second-order valence-electron chi connectivity index (χ2n) is 6.54. The van der Waals surface area contributed by atoms with Crippen molar-refractivity contribution in [2.24, 2.45) is 0 Å². The SMILES string of the molecule is OCCC(OCCN1CCCCCC1)N1CCCCCC1. The summed E-state index contributed by atoms with van der Waals surface area (Å²) in [7, 11) is 0. The van der Waals surface area contributed by atoms with Gasteiger partial charge in [0.05, 0.1) is 6.61 Å². The molecule has 124 valence electrons. The van der Waals surface area contributed by atoms with Gasteiger partial charge in [-0.15, -0.1) is 0 Å². The molecule has 0 aromatic carbocycles. The van der Waals surface area contributed by atoms with E-state index in [-0.39, 0.29) is 12.8 Å². The zero-order chi connectivity index (χ0) is 14.8. The Morgan fingerprint density at radius 3 is 1.95 bits per heavy atom. The molecule has 2 fully saturated rings. The van der Waals surface area contributed by atoms with Crippen LogP contribution in [0.2, 0.25) is 0 Å². The lowest BCUT2D eigenvalue weighted by Crippen LogP contribution is -2.40. The average molecular weight is 298 g/mol. The molecule has 0 aromatic rings. The minimum Gasteiger partial charge on any atom is -0.396 e. The van der Waals surface area contributed by atoms with E-state index in [1.807, 2.05) is 0 Å². The molecule has 2 heterocycles. The molecule has 1 unspecified atom stereocenters. The fourth-order valence-corrected chi connectivity index (χ4v) is 3.54. The number of hydrogen-bond donors (Lipinski definition) is 1. The fourth-order valence-electron chi connectivity index (χ4n) is 3.54. The van der Waals surface area contributed by atoms with E-state index >= 15 is 0 Å². The van der Waals surface area contributed by atoms with Gasteiger partial charge in [-0.25, -0.2) is 0 Å². The molecule has 0 aliphatic carbocycles. The van der Waals surface area contributed by atoms with Crippen molar-refractivity contribution in [2.45, 2.75) is 64.0 Å². The molecule has 0 radical (unpaired) electrons. The summed E-state index contributed by atoms with van der Waals surface area (Å²) >= 11 is 0. The van der Waals surface area contributed by atoms with Gasteiger partial charge in [0.1, 0.15) is 6.23 Å². The number of ether oxygens (including phenoxy) is 1. The minimum absolute atomic E-state index is 0.125. The Kier molecular flexibility index (Phi) is 8.64. The molecule has 21 heavy (non-hydrogen) atoms. The maximum atomic E-state index is 9.31. The summed E-state index contributed by atoms with van der Waals surface area (Å²) in [6, 6.07) is 0. The molecule has 0 bridgehead atoms. The van der Waals surface area contributed by atoms with Crippen LogP contribution in [0.5, 0.6) is 0 Å². The lowest BCUT2D eigenvalue weighted by Gasteiger charge is -2.31. The Balaban J connectivity index is 1.70. The first kappa shape index (κ1) is 17.2. The Bertz CT molecular complexity index is 247. The first-order valence-corrected chi connectivity index (χ1v) is 9.09. The molecule has 0 spiro atoms. The van der Waals surface area contributed by atoms with Crippen molar-refractivity contribution >= 4 is 0 Å². The molecular weight excluding hydrogens is 264 g/mol. The first-order chi connectivity index (χ1) is 10.4. The van der Waals surface area contributed by atoms with E-state index < -0.39 is 0 Å². The smallest absolute Gasteiger partial charge is 0.112 e. The highest BCUT2D eigenvalue weighted by molar-refractivity contribution is 4.69. The van der Waals surface area contributed by atoms with Gasteiger partial charge in [-0.2, -0.15) is 0 Å². The molecule has 0 amide bonds. The lowest BCUT2D eigenvalue weighted by molar-refractivity contribution is -0.0740. The molecule has 1 N–H and O–H groups in total. The fraction of sp³-hybridized carbons (Fsp3) is 1.00. The Morgan fingerprint density at radius 2 is 1.38 bits per heavy atom. The normalized spacial score (nSPS) is 24.4. The summed E-state index contributed by atoms with van der Waals surface area (Å²) in [5.74, 6) is 0. The molecule has 1 atom stereocenters. The number of rotatable bonds is 7. The van der Waals surface area contributed by atoms with Crippen molar-refractivity contribution in [3.63, 3.8) is 0 Å². The number of hydrogen-bond acceptors (Lipinski definition) is 4. The Labute approximate surface area is 130 Å². The van der Waals surface area contributed by atoms with Gasteiger partial charge in [-0.1, -0.05) is 25.7 Å². The summed E-state index contributed by atoms with van der Waals surface area (Å²) in [4.78, 5) is 5.00. The molecule has 0 saturated carbocycles. The Morgan fingerprint density at radius 1 is 0.810 bits per heavy atom. The predicted molar refractivity (Wildman–Crippen MR) is 86.4 cm³/mol. The highest BCUT2D eigenvalue weighted by Gasteiger charge is 2.20. The third-order valence-electron chi connectivity index (χ3n) is 4.84. The zero-order valence-electron chi connectivity index (χ0n) is 13.6. The van der Waals surface area contributed by atoms with Gasteiger partial charge in [0, 0.05) is 32.7 Å². The molecule has 2 saturated heterocycles. The van der Waals surface area contributed by atoms with Gasteiger partial charge >= 0.3 is 0 Å². The van der Waals surface area contributed by atoms with E-state index in [4.69, 9.17) is 4.74 Å². The maximum absolute atomic E-state index is 9.31. The van der Waals surface area contributed by atoms with Gasteiger partial charge in [0.15, 0.2) is 0 Å². The van der Waals surface area contributed by atoms with Crippen molar-refractivity contribution in [1.29, 1.82) is 0 Å². The van der Waals surface area contributed by atoms with Crippen molar-refractivity contribution < 1.29 is 9.84 Å². The molecule has 4 nitrogen and oxygen atoms in total. The van der Waals surface area contributed by atoms with E-state index in [0.29, 0.717) is 0 Å². The zero-order valence-corrected chi connectivity index (χ0v) is 13.6. The number of nitrogens with zero attached hydrogens (tertiary/aromatic N) is 2. The van der Waals surface area contributed by atoms with Crippen LogP contribution < -0.4 is 0 Å². The van der Waals surface area contributed by atoms with Gasteiger partial charge in [0.2, 0.25) is 0 Å². The standard InChI is InChI=1S/C17H34N2O2/c20-15-9-17(19-12-7-3-4-8-13-19)21-16-14-18-10-5-1-2-6-11-18/h17,20H,1-16H2. The van der Waals surface area contributed by atoms with Crippen LogP contribution in [0.3, 0.4) is 0 Å². The van der Waals surface area contributed by atoms with Crippen LogP contribution >= 0.6 is 0 Å². The van der Waals surface area contributed by atoms with E-state index in [2.05, 4.69) is 9.80 Å². The summed E-state index contributed by atoms with van der Waals surface area (Å²) in [6.07, 6.45) is 11.6. The Hall–Kier alpha value is -0.160. The summed E-state index contributed by atoms with van der Waals surface area (Å²) in [5.41, 5.74) is 0. The average Bonchev–Trinajstić information content (AvgIpc) is 2.91. The van der Waals surface area contributed by atoms with Crippen LogP contribution in [0.15, 0.2) is 0 Å². The number of aliphatic hydroxyl groups excluding tert-OH is 1. The molecule has 2 rings (SSSR count). The maximum Gasteiger partial charge on any atom is 0.112 e. The van der Waals surface area contributed by atoms with E-state index in [1.54, 1.807) is 0 Å². The van der Waals surface area contributed by atoms with Crippen molar-refractivity contribution in [3.05, 3.63) is 0 Å². The molecule has 0 aromatic heterocycles. The largest absolute Gasteiger partial charge is 0.396 e. The summed E-state index contributed by atoms with van der Waals surface area (Å²) < 4.78 is 6.15. The first-order valence-electron chi connectivity index (χ1n) is 9.09. The second-order valence-corrected chi connectivity index (χ2v) is 6.54. The van der Waals surface area contributed by atoms with Crippen LogP contribution in [0.4, 0.5) is 0 Å². The van der Waals surface area contributed by atoms with Crippen LogP contribution in [0.25, 0.3) is 0 Å². The van der Waals surface area contributed by atoms with Gasteiger partial charge < -0.3 is 14.7 Å². The number of aliphatic hydroxyl groups is 1. The van der Waals surface area contributed by atoms with Gasteiger partial charge in [0.25, 0.3) is 0 Å². The van der Waals surface area contributed by atoms with Crippen molar-refractivity contribution in [1.82, 2.24) is 9.80 Å². The van der Waals surface area contributed by atoms with Crippen molar-refractivity contribution in [2.75, 3.05) is 45.9 Å². The highest BCUT2D eigenvalue weighted by Crippen LogP contribution is 2.15. The lowest BCUT2D eigenvalue weighted by atomic mass is 10.2. The molecule has 2 aliphatic heterocycles. The van der Waals surface area contributed by atoms with E-state index in [0.717, 1.165) is 32.7 Å². The van der Waals surface area contributed by atoms with Crippen LogP contribution in [-0.4, -0.2) is 67.1 Å². The summed E-state index contributed by atoms with van der Waals surface area (Å²) in [5, 5.41) is 9.31. The third kappa shape index (κ3) is 6.64. The van der Waals surface area contributed by atoms with Gasteiger partial charge in [-0.3, -0.25) is 4.90 Å². The minimum atomic E-state index is 0.125. The summed E-state index contributed by atoms with van der Waals surface area (Å²) in [6.45, 7) is 6.82. The van der Waals surface area contributed by atoms with Crippen LogP contribution in [0.1, 0.15) is 57.8 Å². The van der Waals surface area contributed by atoms with Crippen LogP contribution in [0, 0.1) is 0 Å². The monoisotopic (exact) mass is 298 g/mol. The van der Waals surface area contributed by atoms with Gasteiger partial charge in [-0.05, 0) is 38.8 Å². The topological polar surface area (TPSA) is 35.9 Å². The van der Waals surface area contributed by atoms with E-state index in [1.165, 1.54) is 64.5 Å². The molecular formula is C17H34N2O2. The van der Waals surface area contributed by atoms with E-state index in [9.17, 15) is 5.11 Å². The highest BCUT2D eigenvalue weighted by atomic mass is 16.5. The quantitative estimate of drug-likeness (QED) is 0.783. The van der Waals surface area contributed by atoms with Crippen molar-refractivity contribution in [3.8, 4) is 0 Å². The molecule has 4 heteroatoms.